The van der Waals surface area contributed by atoms with Crippen molar-refractivity contribution >= 4 is 17.1 Å². The first-order valence-corrected chi connectivity index (χ1v) is 5.28. The zero-order chi connectivity index (χ0) is 10.0. The second kappa shape index (κ2) is 4.01. The number of ketones is 1. The Bertz CT molecular complexity index is 295. The molecule has 1 heterocycles. The quantitative estimate of drug-likeness (QED) is 0.745. The van der Waals surface area contributed by atoms with Crippen molar-refractivity contribution in [2.24, 2.45) is 5.92 Å². The van der Waals surface area contributed by atoms with Gasteiger partial charge in [0.1, 0.15) is 10.8 Å². The van der Waals surface area contributed by atoms with Crippen LogP contribution in [0.2, 0.25) is 0 Å². The topological polar surface area (TPSA) is 30.0 Å². The molecule has 2 nitrogen and oxygen atoms in total. The summed E-state index contributed by atoms with van der Waals surface area (Å²) in [5, 5.41) is 0.953. The summed E-state index contributed by atoms with van der Waals surface area (Å²) in [7, 11) is 0. The van der Waals surface area contributed by atoms with Gasteiger partial charge in [-0.1, -0.05) is 13.8 Å². The summed E-state index contributed by atoms with van der Waals surface area (Å²) in [6, 6.07) is 0. The second-order valence-electron chi connectivity index (χ2n) is 3.55. The normalized spacial score (nSPS) is 10.8. The Labute approximate surface area is 83.0 Å². The highest BCUT2D eigenvalue weighted by molar-refractivity contribution is 7.11. The Hall–Kier alpha value is -0.700. The van der Waals surface area contributed by atoms with Crippen LogP contribution in [0.5, 0.6) is 0 Å². The third kappa shape index (κ3) is 2.62. The minimum absolute atomic E-state index is 0.115. The summed E-state index contributed by atoms with van der Waals surface area (Å²) < 4.78 is 0. The fraction of sp³-hybridized carbons (Fsp3) is 0.600. The van der Waals surface area contributed by atoms with Crippen molar-refractivity contribution in [3.63, 3.8) is 0 Å². The van der Waals surface area contributed by atoms with Crippen molar-refractivity contribution in [3.8, 4) is 0 Å². The van der Waals surface area contributed by atoms with Gasteiger partial charge in [0.2, 0.25) is 0 Å². The fourth-order valence-corrected chi connectivity index (χ4v) is 1.91. The minimum atomic E-state index is 0.115. The number of aromatic nitrogens is 1. The van der Waals surface area contributed by atoms with Crippen molar-refractivity contribution in [2.75, 3.05) is 0 Å². The lowest BCUT2D eigenvalue weighted by atomic mass is 10.1. The van der Waals surface area contributed by atoms with Gasteiger partial charge < -0.3 is 0 Å². The summed E-state index contributed by atoms with van der Waals surface area (Å²) in [6.07, 6.45) is 0.497. The Balaban J connectivity index is 2.70. The van der Waals surface area contributed by atoms with Crippen molar-refractivity contribution in [3.05, 3.63) is 15.6 Å². The molecule has 0 amide bonds. The number of thiazole rings is 1. The van der Waals surface area contributed by atoms with E-state index >= 15 is 0 Å². The van der Waals surface area contributed by atoms with Crippen LogP contribution in [-0.4, -0.2) is 10.8 Å². The molecule has 0 atom stereocenters. The van der Waals surface area contributed by atoms with Crippen LogP contribution in [0.4, 0.5) is 0 Å². The van der Waals surface area contributed by atoms with E-state index in [-0.39, 0.29) is 11.7 Å². The molecule has 0 N–H and O–H groups in total. The van der Waals surface area contributed by atoms with Gasteiger partial charge in [0.25, 0.3) is 0 Å². The maximum absolute atomic E-state index is 11.4. The van der Waals surface area contributed by atoms with Crippen LogP contribution in [0.3, 0.4) is 0 Å². The van der Waals surface area contributed by atoms with E-state index in [9.17, 15) is 4.79 Å². The second-order valence-corrected chi connectivity index (χ2v) is 4.83. The average Bonchev–Trinajstić information content (AvgIpc) is 2.31. The van der Waals surface area contributed by atoms with Gasteiger partial charge in [0.15, 0.2) is 0 Å². The summed E-state index contributed by atoms with van der Waals surface area (Å²) in [6.45, 7) is 7.87. The monoisotopic (exact) mass is 197 g/mol. The predicted octanol–water partition coefficient (Wildman–Crippen LogP) is 2.53. The van der Waals surface area contributed by atoms with E-state index in [4.69, 9.17) is 0 Å². The average molecular weight is 197 g/mol. The van der Waals surface area contributed by atoms with Gasteiger partial charge >= 0.3 is 0 Å². The van der Waals surface area contributed by atoms with E-state index < -0.39 is 0 Å². The Morgan fingerprint density at radius 2 is 2.08 bits per heavy atom. The molecule has 0 aromatic carbocycles. The number of rotatable bonds is 3. The highest BCUT2D eigenvalue weighted by Crippen LogP contribution is 2.17. The van der Waals surface area contributed by atoms with Crippen LogP contribution in [-0.2, 0) is 11.2 Å². The van der Waals surface area contributed by atoms with Crippen molar-refractivity contribution in [1.82, 2.24) is 4.98 Å². The van der Waals surface area contributed by atoms with Gasteiger partial charge in [-0.2, -0.15) is 0 Å². The van der Waals surface area contributed by atoms with Crippen LogP contribution in [0, 0.1) is 19.8 Å². The third-order valence-electron chi connectivity index (χ3n) is 2.04. The highest BCUT2D eigenvalue weighted by atomic mass is 32.1. The van der Waals surface area contributed by atoms with E-state index in [0.29, 0.717) is 6.42 Å². The molecule has 1 aromatic rings. The molecule has 1 aromatic heterocycles. The number of Topliss-reactive ketones (excluding diaryl/α,β-unsaturated/α-hetero) is 1. The number of carbonyl (C=O) groups excluding carboxylic acids is 1. The zero-order valence-electron chi connectivity index (χ0n) is 8.55. The number of carbonyl (C=O) groups is 1. The first kappa shape index (κ1) is 10.4. The van der Waals surface area contributed by atoms with Gasteiger partial charge in [-0.3, -0.25) is 4.79 Å². The fourth-order valence-electron chi connectivity index (χ4n) is 0.968. The molecule has 0 saturated heterocycles. The van der Waals surface area contributed by atoms with Gasteiger partial charge in [-0.15, -0.1) is 11.3 Å². The van der Waals surface area contributed by atoms with E-state index in [1.807, 2.05) is 27.7 Å². The van der Waals surface area contributed by atoms with Crippen molar-refractivity contribution in [2.45, 2.75) is 34.1 Å². The molecule has 1 rings (SSSR count). The first-order valence-electron chi connectivity index (χ1n) is 4.46. The van der Waals surface area contributed by atoms with Crippen LogP contribution in [0.25, 0.3) is 0 Å². The standard InChI is InChI=1S/C10H15NOS/c1-6(2)9(12)5-10-11-7(3)8(4)13-10/h6H,5H2,1-4H3. The summed E-state index contributed by atoms with van der Waals surface area (Å²) in [5.41, 5.74) is 1.05. The SMILES string of the molecule is Cc1nc(CC(=O)C(C)C)sc1C. The Kier molecular flexibility index (Phi) is 3.20. The summed E-state index contributed by atoms with van der Waals surface area (Å²) in [5.74, 6) is 0.387. The van der Waals surface area contributed by atoms with E-state index in [1.54, 1.807) is 11.3 Å². The van der Waals surface area contributed by atoms with Crippen LogP contribution in [0.15, 0.2) is 0 Å². The van der Waals surface area contributed by atoms with Gasteiger partial charge in [0.05, 0.1) is 12.1 Å². The third-order valence-corrected chi connectivity index (χ3v) is 3.12. The lowest BCUT2D eigenvalue weighted by Crippen LogP contribution is -2.09. The van der Waals surface area contributed by atoms with Crippen LogP contribution < -0.4 is 0 Å². The number of hydrogen-bond donors (Lipinski definition) is 0. The van der Waals surface area contributed by atoms with E-state index in [2.05, 4.69) is 4.98 Å². The molecule has 0 aliphatic heterocycles. The van der Waals surface area contributed by atoms with Gasteiger partial charge in [0, 0.05) is 10.8 Å². The molecule has 0 aliphatic rings. The molecule has 0 bridgehead atoms. The smallest absolute Gasteiger partial charge is 0.142 e. The van der Waals surface area contributed by atoms with E-state index in [1.165, 1.54) is 4.88 Å². The zero-order valence-corrected chi connectivity index (χ0v) is 9.36. The molecule has 0 fully saturated rings. The van der Waals surface area contributed by atoms with Crippen molar-refractivity contribution in [1.29, 1.82) is 0 Å². The predicted molar refractivity (Wildman–Crippen MR) is 55.1 cm³/mol. The molecule has 0 aliphatic carbocycles. The molecule has 0 saturated carbocycles. The summed E-state index contributed by atoms with van der Waals surface area (Å²) >= 11 is 1.63. The lowest BCUT2D eigenvalue weighted by Gasteiger charge is -1.99. The number of aryl methyl sites for hydroxylation is 2. The molecule has 0 spiro atoms. The molecule has 0 unspecified atom stereocenters. The number of nitrogens with zero attached hydrogens (tertiary/aromatic N) is 1. The first-order chi connectivity index (χ1) is 6.00. The molecular weight excluding hydrogens is 182 g/mol. The van der Waals surface area contributed by atoms with Crippen LogP contribution in [0.1, 0.15) is 29.4 Å². The minimum Gasteiger partial charge on any atom is -0.299 e. The maximum atomic E-state index is 11.4. The Morgan fingerprint density at radius 3 is 2.46 bits per heavy atom. The molecule has 3 heteroatoms. The largest absolute Gasteiger partial charge is 0.299 e. The lowest BCUT2D eigenvalue weighted by molar-refractivity contribution is -0.121. The van der Waals surface area contributed by atoms with E-state index in [0.717, 1.165) is 10.7 Å². The number of hydrogen-bond acceptors (Lipinski definition) is 3. The molecule has 72 valence electrons. The summed E-state index contributed by atoms with van der Waals surface area (Å²) in [4.78, 5) is 16.9. The van der Waals surface area contributed by atoms with Gasteiger partial charge in [-0.05, 0) is 13.8 Å². The van der Waals surface area contributed by atoms with Crippen LogP contribution >= 0.6 is 11.3 Å². The van der Waals surface area contributed by atoms with Crippen molar-refractivity contribution < 1.29 is 4.79 Å². The van der Waals surface area contributed by atoms with Gasteiger partial charge in [-0.25, -0.2) is 4.98 Å². The highest BCUT2D eigenvalue weighted by Gasteiger charge is 2.11. The Morgan fingerprint density at radius 1 is 1.46 bits per heavy atom. The maximum Gasteiger partial charge on any atom is 0.142 e. The molecular formula is C10H15NOS. The molecule has 13 heavy (non-hydrogen) atoms. The molecule has 0 radical (unpaired) electrons.